The Kier molecular flexibility index (Phi) is 5.87. The quantitative estimate of drug-likeness (QED) is 0.678. The number of nitrogens with one attached hydrogen (secondary N) is 1. The normalized spacial score (nSPS) is 11.5. The Bertz CT molecular complexity index is 792. The van der Waals surface area contributed by atoms with Gasteiger partial charge in [-0.1, -0.05) is 36.4 Å². The molecule has 2 aromatic carbocycles. The van der Waals surface area contributed by atoms with Gasteiger partial charge in [-0.25, -0.2) is 4.79 Å². The Morgan fingerprint density at radius 1 is 1.17 bits per heavy atom. The van der Waals surface area contributed by atoms with Crippen molar-refractivity contribution in [1.82, 2.24) is 0 Å². The SMILES string of the molecule is C[C@H](OC(=O)/C=C/c1ccccc1)C(=O)Nc1cccc(C#N)c1. The maximum Gasteiger partial charge on any atom is 0.331 e. The zero-order valence-corrected chi connectivity index (χ0v) is 13.1. The first-order valence-electron chi connectivity index (χ1n) is 7.33. The second kappa shape index (κ2) is 8.30. The van der Waals surface area contributed by atoms with Gasteiger partial charge in [0, 0.05) is 11.8 Å². The number of hydrogen-bond donors (Lipinski definition) is 1. The topological polar surface area (TPSA) is 79.2 Å². The summed E-state index contributed by atoms with van der Waals surface area (Å²) < 4.78 is 5.06. The van der Waals surface area contributed by atoms with Crippen molar-refractivity contribution in [1.29, 1.82) is 5.26 Å². The van der Waals surface area contributed by atoms with Crippen molar-refractivity contribution in [3.63, 3.8) is 0 Å². The average Bonchev–Trinajstić information content (AvgIpc) is 2.61. The largest absolute Gasteiger partial charge is 0.449 e. The first kappa shape index (κ1) is 17.0. The fraction of sp³-hybridized carbons (Fsp3) is 0.105. The van der Waals surface area contributed by atoms with Crippen molar-refractivity contribution in [2.24, 2.45) is 0 Å². The van der Waals surface area contributed by atoms with Crippen molar-refractivity contribution in [3.05, 3.63) is 71.8 Å². The van der Waals surface area contributed by atoms with E-state index >= 15 is 0 Å². The summed E-state index contributed by atoms with van der Waals surface area (Å²) in [7, 11) is 0. The number of hydrogen-bond acceptors (Lipinski definition) is 4. The summed E-state index contributed by atoms with van der Waals surface area (Å²) in [5.41, 5.74) is 1.77. The molecule has 0 bridgehead atoms. The molecule has 0 unspecified atom stereocenters. The lowest BCUT2D eigenvalue weighted by atomic mass is 10.2. The number of rotatable bonds is 5. The molecule has 0 radical (unpaired) electrons. The van der Waals surface area contributed by atoms with E-state index in [0.29, 0.717) is 11.3 Å². The Morgan fingerprint density at radius 3 is 2.62 bits per heavy atom. The molecule has 5 heteroatoms. The maximum atomic E-state index is 12.0. The first-order valence-corrected chi connectivity index (χ1v) is 7.33. The number of amides is 1. The van der Waals surface area contributed by atoms with Gasteiger partial charge >= 0.3 is 5.97 Å². The van der Waals surface area contributed by atoms with Gasteiger partial charge in [0.1, 0.15) is 0 Å². The number of nitrogens with zero attached hydrogens (tertiary/aromatic N) is 1. The van der Waals surface area contributed by atoms with E-state index in [-0.39, 0.29) is 0 Å². The molecule has 0 saturated carbocycles. The summed E-state index contributed by atoms with van der Waals surface area (Å²) in [6.45, 7) is 1.48. The molecule has 24 heavy (non-hydrogen) atoms. The fourth-order valence-electron chi connectivity index (χ4n) is 1.91. The highest BCUT2D eigenvalue weighted by Crippen LogP contribution is 2.11. The van der Waals surface area contributed by atoms with Crippen LogP contribution >= 0.6 is 0 Å². The molecule has 0 spiro atoms. The highest BCUT2D eigenvalue weighted by Gasteiger charge is 2.16. The molecule has 1 amide bonds. The number of carbonyl (C=O) groups is 2. The Balaban J connectivity index is 1.90. The highest BCUT2D eigenvalue weighted by molar-refractivity contribution is 5.96. The van der Waals surface area contributed by atoms with Crippen molar-refractivity contribution in [2.45, 2.75) is 13.0 Å². The number of esters is 1. The molecule has 0 fully saturated rings. The van der Waals surface area contributed by atoms with Crippen molar-refractivity contribution < 1.29 is 14.3 Å². The third-order valence-corrected chi connectivity index (χ3v) is 3.13. The van der Waals surface area contributed by atoms with Crippen molar-refractivity contribution in [3.8, 4) is 6.07 Å². The minimum absolute atomic E-state index is 0.434. The van der Waals surface area contributed by atoms with Gasteiger partial charge in [0.15, 0.2) is 6.10 Å². The highest BCUT2D eigenvalue weighted by atomic mass is 16.5. The zero-order chi connectivity index (χ0) is 17.4. The van der Waals surface area contributed by atoms with E-state index in [0.717, 1.165) is 5.56 Å². The first-order chi connectivity index (χ1) is 11.6. The number of nitriles is 1. The van der Waals surface area contributed by atoms with E-state index in [9.17, 15) is 9.59 Å². The van der Waals surface area contributed by atoms with E-state index in [2.05, 4.69) is 5.32 Å². The summed E-state index contributed by atoms with van der Waals surface area (Å²) in [6.07, 6.45) is 1.93. The van der Waals surface area contributed by atoms with Gasteiger partial charge in [0.25, 0.3) is 5.91 Å². The van der Waals surface area contributed by atoms with Crippen LogP contribution in [0.1, 0.15) is 18.1 Å². The lowest BCUT2D eigenvalue weighted by molar-refractivity contribution is -0.148. The van der Waals surface area contributed by atoms with Crippen LogP contribution in [0.3, 0.4) is 0 Å². The Morgan fingerprint density at radius 2 is 1.92 bits per heavy atom. The minimum Gasteiger partial charge on any atom is -0.449 e. The molecule has 5 nitrogen and oxygen atoms in total. The summed E-state index contributed by atoms with van der Waals surface area (Å²) in [4.78, 5) is 23.8. The number of ether oxygens (including phenoxy) is 1. The number of anilines is 1. The van der Waals surface area contributed by atoms with Crippen LogP contribution in [0, 0.1) is 11.3 Å². The summed E-state index contributed by atoms with van der Waals surface area (Å²) in [6, 6.07) is 17.8. The molecule has 120 valence electrons. The third-order valence-electron chi connectivity index (χ3n) is 3.13. The van der Waals surface area contributed by atoms with Crippen molar-refractivity contribution in [2.75, 3.05) is 5.32 Å². The van der Waals surface area contributed by atoms with E-state index in [1.165, 1.54) is 13.0 Å². The molecule has 1 atom stereocenters. The van der Waals surface area contributed by atoms with Gasteiger partial charge in [0.05, 0.1) is 11.6 Å². The monoisotopic (exact) mass is 320 g/mol. The van der Waals surface area contributed by atoms with Crippen LogP contribution in [0.4, 0.5) is 5.69 Å². The van der Waals surface area contributed by atoms with Gasteiger partial charge in [-0.05, 0) is 36.8 Å². The van der Waals surface area contributed by atoms with E-state index in [1.807, 2.05) is 36.4 Å². The van der Waals surface area contributed by atoms with Gasteiger partial charge in [-0.3, -0.25) is 4.79 Å². The molecule has 2 aromatic rings. The van der Waals surface area contributed by atoms with Gasteiger partial charge in [0.2, 0.25) is 0 Å². The molecule has 0 aliphatic heterocycles. The van der Waals surface area contributed by atoms with Crippen LogP contribution in [0.25, 0.3) is 6.08 Å². The van der Waals surface area contributed by atoms with Gasteiger partial charge in [-0.15, -0.1) is 0 Å². The molecule has 0 aromatic heterocycles. The molecule has 0 aliphatic rings. The van der Waals surface area contributed by atoms with Gasteiger partial charge < -0.3 is 10.1 Å². The average molecular weight is 320 g/mol. The standard InChI is InChI=1S/C19H16N2O3/c1-14(19(23)21-17-9-5-8-16(12-17)13-20)24-18(22)11-10-15-6-3-2-4-7-15/h2-12,14H,1H3,(H,21,23)/b11-10+/t14-/m0/s1. The van der Waals surface area contributed by atoms with Crippen LogP contribution in [0.5, 0.6) is 0 Å². The summed E-state index contributed by atoms with van der Waals surface area (Å²) in [5.74, 6) is -1.07. The van der Waals surface area contributed by atoms with E-state index in [1.54, 1.807) is 30.3 Å². The lowest BCUT2D eigenvalue weighted by Gasteiger charge is -2.12. The van der Waals surface area contributed by atoms with Crippen LogP contribution < -0.4 is 5.32 Å². The molecule has 0 heterocycles. The zero-order valence-electron chi connectivity index (χ0n) is 13.1. The van der Waals surface area contributed by atoms with Gasteiger partial charge in [-0.2, -0.15) is 5.26 Å². The second-order valence-electron chi connectivity index (χ2n) is 5.00. The Hall–Kier alpha value is -3.39. The lowest BCUT2D eigenvalue weighted by Crippen LogP contribution is -2.29. The second-order valence-corrected chi connectivity index (χ2v) is 5.00. The number of benzene rings is 2. The van der Waals surface area contributed by atoms with Crippen LogP contribution in [0.15, 0.2) is 60.7 Å². The molecular formula is C19H16N2O3. The van der Waals surface area contributed by atoms with E-state index in [4.69, 9.17) is 10.00 Å². The maximum absolute atomic E-state index is 12.0. The van der Waals surface area contributed by atoms with Crippen molar-refractivity contribution >= 4 is 23.6 Å². The van der Waals surface area contributed by atoms with Crippen LogP contribution in [-0.4, -0.2) is 18.0 Å². The predicted octanol–water partition coefficient (Wildman–Crippen LogP) is 3.14. The minimum atomic E-state index is -0.955. The van der Waals surface area contributed by atoms with Crippen LogP contribution in [-0.2, 0) is 14.3 Å². The predicted molar refractivity (Wildman–Crippen MR) is 90.8 cm³/mol. The fourth-order valence-corrected chi connectivity index (χ4v) is 1.91. The van der Waals surface area contributed by atoms with Crippen LogP contribution in [0.2, 0.25) is 0 Å². The molecule has 0 saturated heterocycles. The summed E-state index contributed by atoms with van der Waals surface area (Å²) in [5, 5.41) is 11.4. The third kappa shape index (κ3) is 5.11. The number of carbonyl (C=O) groups excluding carboxylic acids is 2. The smallest absolute Gasteiger partial charge is 0.331 e. The Labute approximate surface area is 140 Å². The molecule has 0 aliphatic carbocycles. The van der Waals surface area contributed by atoms with E-state index < -0.39 is 18.0 Å². The molecule has 2 rings (SSSR count). The summed E-state index contributed by atoms with van der Waals surface area (Å²) >= 11 is 0. The molecular weight excluding hydrogens is 304 g/mol. The molecule has 1 N–H and O–H groups in total.